The average Bonchev–Trinajstić information content (AvgIpc) is 2.25. The van der Waals surface area contributed by atoms with Gasteiger partial charge in [0.15, 0.2) is 0 Å². The molecule has 18 heavy (non-hydrogen) atoms. The third kappa shape index (κ3) is 3.03. The minimum atomic E-state index is -1.13. The van der Waals surface area contributed by atoms with E-state index in [4.69, 9.17) is 7.57 Å². The summed E-state index contributed by atoms with van der Waals surface area (Å²) < 4.78 is 0. The molecule has 0 aliphatic carbocycles. The van der Waals surface area contributed by atoms with Gasteiger partial charge in [-0.05, 0) is 74.2 Å². The molecule has 0 atom stereocenters. The third-order valence-corrected chi connectivity index (χ3v) is 4.89. The van der Waals surface area contributed by atoms with E-state index < -0.39 is 7.80 Å². The Morgan fingerprint density at radius 3 is 1.17 bits per heavy atom. The van der Waals surface area contributed by atoms with Gasteiger partial charge in [-0.1, -0.05) is 12.1 Å². The average molecular weight is 253 g/mol. The summed E-state index contributed by atoms with van der Waals surface area (Å²) in [6.45, 7) is 8.53. The summed E-state index contributed by atoms with van der Waals surface area (Å²) >= 11 is 0. The Hall–Kier alpha value is -1.07. The Bertz CT molecular complexity index is 483. The first-order valence-corrected chi connectivity index (χ1v) is 7.83. The maximum Gasteiger partial charge on any atom is 0.374 e. The van der Waals surface area contributed by atoms with Gasteiger partial charge in [0, 0.05) is 7.80 Å². The highest BCUT2D eigenvalue weighted by atomic mass is 31.1. The Morgan fingerprint density at radius 2 is 0.889 bits per heavy atom. The molecule has 2 aromatic rings. The molecule has 0 aliphatic rings. The third-order valence-electron chi connectivity index (χ3n) is 3.07. The zero-order chi connectivity index (χ0) is 13.3. The van der Waals surface area contributed by atoms with E-state index >= 15 is 0 Å². The quantitative estimate of drug-likeness (QED) is 0.569. The smallest absolute Gasteiger partial charge is 0.0561 e. The SMILES string of the molecule is [B][PH+](c1cc(C)cc(C)c1)c1cc(C)cc(C)c1. The van der Waals surface area contributed by atoms with Crippen LogP contribution in [-0.4, -0.2) is 7.57 Å². The zero-order valence-electron chi connectivity index (χ0n) is 11.5. The summed E-state index contributed by atoms with van der Waals surface area (Å²) in [7, 11) is 5.36. The highest BCUT2D eigenvalue weighted by Gasteiger charge is 2.17. The molecule has 0 saturated carbocycles. The van der Waals surface area contributed by atoms with E-state index in [0.29, 0.717) is 0 Å². The standard InChI is InChI=1S/C16H19BP/c1-11-5-12(2)8-15(7-11)18(17)16-9-13(3)6-14(4)10-16/h5-10,18H,1-4H3/q+1. The first-order chi connectivity index (χ1) is 8.45. The molecule has 0 amide bonds. The molecule has 2 heteroatoms. The molecule has 90 valence electrons. The molecule has 0 nitrogen and oxygen atoms in total. The molecule has 2 aromatic carbocycles. The van der Waals surface area contributed by atoms with Crippen LogP contribution in [0.5, 0.6) is 0 Å². The highest BCUT2D eigenvalue weighted by molar-refractivity contribution is 7.94. The molecule has 0 aromatic heterocycles. The van der Waals surface area contributed by atoms with Gasteiger partial charge >= 0.3 is 7.57 Å². The molecule has 2 rings (SSSR count). The van der Waals surface area contributed by atoms with Crippen molar-refractivity contribution in [3.8, 4) is 0 Å². The van der Waals surface area contributed by atoms with Crippen molar-refractivity contribution < 1.29 is 0 Å². The van der Waals surface area contributed by atoms with E-state index in [1.165, 1.54) is 32.9 Å². The number of aryl methyl sites for hydroxylation is 4. The van der Waals surface area contributed by atoms with Gasteiger partial charge in [-0.15, -0.1) is 0 Å². The van der Waals surface area contributed by atoms with Gasteiger partial charge in [0.2, 0.25) is 0 Å². The Kier molecular flexibility index (Phi) is 3.92. The molecule has 2 radical (unpaired) electrons. The van der Waals surface area contributed by atoms with Crippen molar-refractivity contribution in [3.05, 3.63) is 58.7 Å². The second kappa shape index (κ2) is 5.28. The van der Waals surface area contributed by atoms with Gasteiger partial charge in [0.25, 0.3) is 0 Å². The van der Waals surface area contributed by atoms with Gasteiger partial charge in [-0.2, -0.15) is 0 Å². The van der Waals surface area contributed by atoms with Crippen molar-refractivity contribution in [2.45, 2.75) is 27.7 Å². The predicted octanol–water partition coefficient (Wildman–Crippen LogP) is 3.17. The van der Waals surface area contributed by atoms with Crippen molar-refractivity contribution in [1.29, 1.82) is 0 Å². The van der Waals surface area contributed by atoms with E-state index in [1.807, 2.05) is 0 Å². The summed E-state index contributed by atoms with van der Waals surface area (Å²) in [5.74, 6) is 0. The lowest BCUT2D eigenvalue weighted by atomic mass is 10.2. The normalized spacial score (nSPS) is 10.9. The van der Waals surface area contributed by atoms with Gasteiger partial charge < -0.3 is 0 Å². The molecule has 0 N–H and O–H groups in total. The topological polar surface area (TPSA) is 0 Å². The summed E-state index contributed by atoms with van der Waals surface area (Å²) in [6.07, 6.45) is 0. The predicted molar refractivity (Wildman–Crippen MR) is 85.2 cm³/mol. The van der Waals surface area contributed by atoms with Crippen LogP contribution in [0.25, 0.3) is 0 Å². The molecule has 0 unspecified atom stereocenters. The molecular weight excluding hydrogens is 234 g/mol. The van der Waals surface area contributed by atoms with Crippen LogP contribution in [-0.2, 0) is 0 Å². The number of hydrogen-bond donors (Lipinski definition) is 0. The fourth-order valence-corrected chi connectivity index (χ4v) is 4.29. The number of benzene rings is 2. The van der Waals surface area contributed by atoms with Crippen LogP contribution in [0.2, 0.25) is 0 Å². The van der Waals surface area contributed by atoms with Crippen molar-refractivity contribution in [1.82, 2.24) is 0 Å². The van der Waals surface area contributed by atoms with E-state index in [9.17, 15) is 0 Å². The minimum Gasteiger partial charge on any atom is -0.0561 e. The van der Waals surface area contributed by atoms with Gasteiger partial charge in [0.1, 0.15) is 0 Å². The first-order valence-electron chi connectivity index (χ1n) is 6.25. The van der Waals surface area contributed by atoms with E-state index in [2.05, 4.69) is 64.1 Å². The first kappa shape index (κ1) is 13.4. The lowest BCUT2D eigenvalue weighted by molar-refractivity contribution is 1.40. The van der Waals surface area contributed by atoms with Crippen LogP contribution in [0.15, 0.2) is 36.4 Å². The summed E-state index contributed by atoms with van der Waals surface area (Å²) in [4.78, 5) is 0. The monoisotopic (exact) mass is 253 g/mol. The summed E-state index contributed by atoms with van der Waals surface area (Å²) in [6, 6.07) is 13.3. The minimum absolute atomic E-state index is 1.13. The fraction of sp³-hybridized carbons (Fsp3) is 0.250. The van der Waals surface area contributed by atoms with E-state index in [-0.39, 0.29) is 0 Å². The van der Waals surface area contributed by atoms with Crippen LogP contribution in [0.1, 0.15) is 22.3 Å². The second-order valence-electron chi connectivity index (χ2n) is 5.17. The molecule has 0 bridgehead atoms. The van der Waals surface area contributed by atoms with E-state index in [0.717, 1.165) is 0 Å². The van der Waals surface area contributed by atoms with Crippen LogP contribution >= 0.6 is 7.80 Å². The molecule has 0 saturated heterocycles. The molecule has 0 spiro atoms. The molecule has 0 fully saturated rings. The van der Waals surface area contributed by atoms with Crippen molar-refractivity contribution >= 4 is 26.0 Å². The van der Waals surface area contributed by atoms with E-state index in [1.54, 1.807) is 0 Å². The molecule has 0 heterocycles. The Balaban J connectivity index is 2.43. The number of rotatable bonds is 2. The lowest BCUT2D eigenvalue weighted by Gasteiger charge is -2.09. The fourth-order valence-electron chi connectivity index (χ4n) is 2.43. The number of hydrogen-bond acceptors (Lipinski definition) is 0. The van der Waals surface area contributed by atoms with Crippen LogP contribution in [0.4, 0.5) is 0 Å². The van der Waals surface area contributed by atoms with Gasteiger partial charge in [-0.3, -0.25) is 0 Å². The molecular formula is C16H19BP+. The maximum absolute atomic E-state index is 6.49. The second-order valence-corrected chi connectivity index (χ2v) is 7.15. The van der Waals surface area contributed by atoms with Crippen molar-refractivity contribution in [2.75, 3.05) is 0 Å². The lowest BCUT2D eigenvalue weighted by Crippen LogP contribution is -2.13. The Labute approximate surface area is 113 Å². The van der Waals surface area contributed by atoms with Gasteiger partial charge in [0.05, 0.1) is 10.6 Å². The summed E-state index contributed by atoms with van der Waals surface area (Å²) in [5, 5.41) is 2.59. The largest absolute Gasteiger partial charge is 0.374 e. The summed E-state index contributed by atoms with van der Waals surface area (Å²) in [5.41, 5.74) is 5.18. The van der Waals surface area contributed by atoms with Crippen molar-refractivity contribution in [2.24, 2.45) is 0 Å². The van der Waals surface area contributed by atoms with Gasteiger partial charge in [-0.25, -0.2) is 0 Å². The highest BCUT2D eigenvalue weighted by Crippen LogP contribution is 2.29. The Morgan fingerprint density at radius 1 is 0.611 bits per heavy atom. The molecule has 0 aliphatic heterocycles. The van der Waals surface area contributed by atoms with Crippen LogP contribution in [0, 0.1) is 27.7 Å². The van der Waals surface area contributed by atoms with Crippen LogP contribution < -0.4 is 10.6 Å². The van der Waals surface area contributed by atoms with Crippen LogP contribution in [0.3, 0.4) is 0 Å². The maximum atomic E-state index is 6.49. The van der Waals surface area contributed by atoms with Crippen molar-refractivity contribution in [3.63, 3.8) is 0 Å². The zero-order valence-corrected chi connectivity index (χ0v) is 12.5.